The molecule has 0 aliphatic carbocycles. The van der Waals surface area contributed by atoms with Crippen LogP contribution < -0.4 is 5.73 Å². The van der Waals surface area contributed by atoms with Gasteiger partial charge in [0, 0.05) is 38.6 Å². The van der Waals surface area contributed by atoms with Gasteiger partial charge in [0.15, 0.2) is 0 Å². The lowest BCUT2D eigenvalue weighted by atomic mass is 9.93. The molecule has 2 aliphatic heterocycles. The molecule has 3 atom stereocenters. The van der Waals surface area contributed by atoms with Gasteiger partial charge in [-0.1, -0.05) is 0 Å². The number of ether oxygens (including phenoxy) is 1. The molecule has 3 unspecified atom stereocenters. The van der Waals surface area contributed by atoms with E-state index in [0.717, 1.165) is 51.4 Å². The Balaban J connectivity index is 1.64. The SMILES string of the molecule is CC(N)CCC(=O)N1CCC(CCN2CC(C)OC(C)C2)CC1. The summed E-state index contributed by atoms with van der Waals surface area (Å²) in [7, 11) is 0. The molecule has 0 bridgehead atoms. The number of nitrogens with two attached hydrogens (primary N) is 1. The Morgan fingerprint density at radius 3 is 2.39 bits per heavy atom. The maximum Gasteiger partial charge on any atom is 0.222 e. The zero-order valence-corrected chi connectivity index (χ0v) is 15.2. The first kappa shape index (κ1) is 18.7. The van der Waals surface area contributed by atoms with E-state index in [0.29, 0.717) is 18.6 Å². The first-order valence-electron chi connectivity index (χ1n) is 9.35. The zero-order chi connectivity index (χ0) is 16.8. The number of carbonyl (C=O) groups is 1. The predicted molar refractivity (Wildman–Crippen MR) is 93.3 cm³/mol. The van der Waals surface area contributed by atoms with Crippen LogP contribution in [0.5, 0.6) is 0 Å². The van der Waals surface area contributed by atoms with Crippen LogP contribution in [0.25, 0.3) is 0 Å². The molecule has 0 spiro atoms. The fourth-order valence-electron chi connectivity index (χ4n) is 3.81. The van der Waals surface area contributed by atoms with Crippen LogP contribution in [0.3, 0.4) is 0 Å². The number of hydrogen-bond donors (Lipinski definition) is 1. The predicted octanol–water partition coefficient (Wildman–Crippen LogP) is 1.85. The Morgan fingerprint density at radius 1 is 1.22 bits per heavy atom. The summed E-state index contributed by atoms with van der Waals surface area (Å²) in [6.45, 7) is 11.4. The Hall–Kier alpha value is -0.650. The van der Waals surface area contributed by atoms with E-state index in [1.165, 1.54) is 13.0 Å². The molecular formula is C18H35N3O2. The van der Waals surface area contributed by atoms with E-state index in [1.807, 2.05) is 11.8 Å². The average molecular weight is 325 g/mol. The van der Waals surface area contributed by atoms with E-state index < -0.39 is 0 Å². The Labute approximate surface area is 141 Å². The van der Waals surface area contributed by atoms with Crippen molar-refractivity contribution in [3.63, 3.8) is 0 Å². The third kappa shape index (κ3) is 6.40. The first-order chi connectivity index (χ1) is 10.9. The molecule has 134 valence electrons. The van der Waals surface area contributed by atoms with Gasteiger partial charge in [0.2, 0.25) is 5.91 Å². The maximum atomic E-state index is 12.1. The van der Waals surface area contributed by atoms with Crippen LogP contribution in [0.4, 0.5) is 0 Å². The highest BCUT2D eigenvalue weighted by molar-refractivity contribution is 5.76. The molecule has 1 amide bonds. The summed E-state index contributed by atoms with van der Waals surface area (Å²) < 4.78 is 5.79. The number of carbonyl (C=O) groups excluding carboxylic acids is 1. The number of rotatable bonds is 6. The van der Waals surface area contributed by atoms with Gasteiger partial charge in [-0.15, -0.1) is 0 Å². The van der Waals surface area contributed by atoms with Crippen LogP contribution >= 0.6 is 0 Å². The van der Waals surface area contributed by atoms with E-state index in [2.05, 4.69) is 18.7 Å². The highest BCUT2D eigenvalue weighted by atomic mass is 16.5. The highest BCUT2D eigenvalue weighted by Gasteiger charge is 2.25. The molecule has 5 heteroatoms. The molecule has 2 heterocycles. The molecular weight excluding hydrogens is 290 g/mol. The van der Waals surface area contributed by atoms with Crippen LogP contribution in [0.15, 0.2) is 0 Å². The Morgan fingerprint density at radius 2 is 1.83 bits per heavy atom. The summed E-state index contributed by atoms with van der Waals surface area (Å²) in [5.41, 5.74) is 5.74. The smallest absolute Gasteiger partial charge is 0.222 e. The second-order valence-corrected chi connectivity index (χ2v) is 7.65. The van der Waals surface area contributed by atoms with Gasteiger partial charge in [-0.05, 0) is 58.9 Å². The minimum atomic E-state index is 0.120. The van der Waals surface area contributed by atoms with Gasteiger partial charge in [-0.3, -0.25) is 9.69 Å². The summed E-state index contributed by atoms with van der Waals surface area (Å²) in [6, 6.07) is 0.120. The van der Waals surface area contributed by atoms with Gasteiger partial charge in [0.1, 0.15) is 0 Å². The average Bonchev–Trinajstić information content (AvgIpc) is 2.50. The monoisotopic (exact) mass is 325 g/mol. The lowest BCUT2D eigenvalue weighted by Gasteiger charge is -2.37. The molecule has 5 nitrogen and oxygen atoms in total. The number of amides is 1. The molecule has 2 rings (SSSR count). The van der Waals surface area contributed by atoms with Crippen LogP contribution in [0.2, 0.25) is 0 Å². The van der Waals surface area contributed by atoms with Gasteiger partial charge in [0.25, 0.3) is 0 Å². The van der Waals surface area contributed by atoms with Crippen molar-refractivity contribution in [2.75, 3.05) is 32.7 Å². The molecule has 23 heavy (non-hydrogen) atoms. The van der Waals surface area contributed by atoms with Gasteiger partial charge in [0.05, 0.1) is 12.2 Å². The topological polar surface area (TPSA) is 58.8 Å². The standard InChI is InChI=1S/C18H35N3O2/c1-14(19)4-5-18(22)21-10-7-17(8-11-21)6-9-20-12-15(2)23-16(3)13-20/h14-17H,4-13,19H2,1-3H3. The minimum Gasteiger partial charge on any atom is -0.373 e. The number of nitrogens with zero attached hydrogens (tertiary/aromatic N) is 2. The Bertz CT molecular complexity index is 357. The van der Waals surface area contributed by atoms with E-state index in [1.54, 1.807) is 0 Å². The van der Waals surface area contributed by atoms with Gasteiger partial charge in [-0.25, -0.2) is 0 Å². The summed E-state index contributed by atoms with van der Waals surface area (Å²) in [4.78, 5) is 16.7. The normalized spacial score (nSPS) is 28.8. The first-order valence-corrected chi connectivity index (χ1v) is 9.35. The van der Waals surface area contributed by atoms with Gasteiger partial charge >= 0.3 is 0 Å². The fraction of sp³-hybridized carbons (Fsp3) is 0.944. The molecule has 0 aromatic rings. The summed E-state index contributed by atoms with van der Waals surface area (Å²) in [5.74, 6) is 1.05. The zero-order valence-electron chi connectivity index (χ0n) is 15.2. The van der Waals surface area contributed by atoms with Crippen LogP contribution in [-0.4, -0.2) is 66.7 Å². The van der Waals surface area contributed by atoms with E-state index >= 15 is 0 Å². The second kappa shape index (κ2) is 9.00. The van der Waals surface area contributed by atoms with Crippen molar-refractivity contribution >= 4 is 5.91 Å². The molecule has 0 saturated carbocycles. The number of piperidine rings is 1. The molecule has 0 radical (unpaired) electrons. The van der Waals surface area contributed by atoms with Crippen molar-refractivity contribution in [3.05, 3.63) is 0 Å². The Kier molecular flexibility index (Phi) is 7.31. The lowest BCUT2D eigenvalue weighted by Crippen LogP contribution is -2.46. The third-order valence-corrected chi connectivity index (χ3v) is 5.13. The summed E-state index contributed by atoms with van der Waals surface area (Å²) >= 11 is 0. The van der Waals surface area contributed by atoms with Crippen LogP contribution in [0, 0.1) is 5.92 Å². The van der Waals surface area contributed by atoms with Crippen LogP contribution in [-0.2, 0) is 9.53 Å². The molecule has 2 saturated heterocycles. The largest absolute Gasteiger partial charge is 0.373 e. The quantitative estimate of drug-likeness (QED) is 0.810. The van der Waals surface area contributed by atoms with Gasteiger partial charge < -0.3 is 15.4 Å². The van der Waals surface area contributed by atoms with E-state index in [9.17, 15) is 4.79 Å². The summed E-state index contributed by atoms with van der Waals surface area (Å²) in [5, 5.41) is 0. The molecule has 0 aromatic heterocycles. The van der Waals surface area contributed by atoms with Crippen molar-refractivity contribution in [1.29, 1.82) is 0 Å². The van der Waals surface area contributed by atoms with Crippen molar-refractivity contribution < 1.29 is 9.53 Å². The van der Waals surface area contributed by atoms with Crippen molar-refractivity contribution in [2.24, 2.45) is 11.7 Å². The van der Waals surface area contributed by atoms with Crippen molar-refractivity contribution in [1.82, 2.24) is 9.80 Å². The molecule has 2 aliphatic rings. The second-order valence-electron chi connectivity index (χ2n) is 7.65. The molecule has 2 fully saturated rings. The number of likely N-dealkylation sites (tertiary alicyclic amines) is 1. The highest BCUT2D eigenvalue weighted by Crippen LogP contribution is 2.22. The number of morpholine rings is 1. The number of hydrogen-bond acceptors (Lipinski definition) is 4. The van der Waals surface area contributed by atoms with E-state index in [-0.39, 0.29) is 11.9 Å². The molecule has 0 aromatic carbocycles. The van der Waals surface area contributed by atoms with Crippen molar-refractivity contribution in [2.45, 2.75) is 71.1 Å². The van der Waals surface area contributed by atoms with Crippen LogP contribution in [0.1, 0.15) is 52.9 Å². The fourth-order valence-corrected chi connectivity index (χ4v) is 3.81. The third-order valence-electron chi connectivity index (χ3n) is 5.13. The van der Waals surface area contributed by atoms with Gasteiger partial charge in [-0.2, -0.15) is 0 Å². The van der Waals surface area contributed by atoms with E-state index in [4.69, 9.17) is 10.5 Å². The lowest BCUT2D eigenvalue weighted by molar-refractivity contribution is -0.132. The maximum absolute atomic E-state index is 12.1. The minimum absolute atomic E-state index is 0.120. The molecule has 2 N–H and O–H groups in total. The summed E-state index contributed by atoms with van der Waals surface area (Å²) in [6.07, 6.45) is 5.66. The van der Waals surface area contributed by atoms with Crippen molar-refractivity contribution in [3.8, 4) is 0 Å².